The van der Waals surface area contributed by atoms with Crippen LogP contribution in [0.15, 0.2) is 24.3 Å². The van der Waals surface area contributed by atoms with Gasteiger partial charge in [0.05, 0.1) is 0 Å². The molecule has 1 aliphatic rings. The van der Waals surface area contributed by atoms with Crippen molar-refractivity contribution in [2.45, 2.75) is 44.0 Å². The lowest BCUT2D eigenvalue weighted by Crippen LogP contribution is -2.33. The minimum atomic E-state index is -0.143. The lowest BCUT2D eigenvalue weighted by molar-refractivity contribution is 0.530. The lowest BCUT2D eigenvalue weighted by atomic mass is 10.2. The zero-order valence-corrected chi connectivity index (χ0v) is 11.1. The van der Waals surface area contributed by atoms with Gasteiger partial charge >= 0.3 is 0 Å². The fourth-order valence-electron chi connectivity index (χ4n) is 2.47. The van der Waals surface area contributed by atoms with E-state index in [2.05, 4.69) is 12.2 Å². The molecule has 0 saturated heterocycles. The second-order valence-corrected chi connectivity index (χ2v) is 6.06. The Hall–Kier alpha value is -0.540. The van der Waals surface area contributed by atoms with Crippen LogP contribution >= 0.6 is 11.8 Å². The predicted octanol–water partition coefficient (Wildman–Crippen LogP) is 3.59. The van der Waals surface area contributed by atoms with Crippen molar-refractivity contribution in [3.05, 3.63) is 35.6 Å². The summed E-state index contributed by atoms with van der Waals surface area (Å²) in [5.74, 6) is 1.04. The van der Waals surface area contributed by atoms with Gasteiger partial charge in [0.1, 0.15) is 5.82 Å². The molecule has 3 heteroatoms. The highest BCUT2D eigenvalue weighted by Gasteiger charge is 2.26. The molecule has 2 unspecified atom stereocenters. The van der Waals surface area contributed by atoms with Crippen LogP contribution in [-0.4, -0.2) is 17.0 Å². The number of hydrogen-bond donors (Lipinski definition) is 1. The van der Waals surface area contributed by atoms with Gasteiger partial charge in [-0.2, -0.15) is 11.8 Å². The first-order chi connectivity index (χ1) is 8.29. The van der Waals surface area contributed by atoms with E-state index in [1.54, 1.807) is 12.1 Å². The molecule has 1 aliphatic carbocycles. The summed E-state index contributed by atoms with van der Waals surface area (Å²) in [5, 5.41) is 4.32. The van der Waals surface area contributed by atoms with Gasteiger partial charge in [-0.05, 0) is 36.3 Å². The molecule has 0 amide bonds. The Morgan fingerprint density at radius 2 is 2.29 bits per heavy atom. The van der Waals surface area contributed by atoms with Crippen LogP contribution < -0.4 is 5.32 Å². The molecule has 0 aromatic heterocycles. The topological polar surface area (TPSA) is 12.0 Å². The number of nitrogens with one attached hydrogen (secondary N) is 1. The summed E-state index contributed by atoms with van der Waals surface area (Å²) in [6.45, 7) is 3.00. The van der Waals surface area contributed by atoms with Gasteiger partial charge in [-0.15, -0.1) is 0 Å². The van der Waals surface area contributed by atoms with Crippen LogP contribution in [-0.2, 0) is 6.54 Å². The normalized spacial score (nSPS) is 24.1. The smallest absolute Gasteiger partial charge is 0.123 e. The fraction of sp³-hybridized carbons (Fsp3) is 0.571. The van der Waals surface area contributed by atoms with Crippen LogP contribution in [0.3, 0.4) is 0 Å². The molecule has 0 radical (unpaired) electrons. The Morgan fingerprint density at radius 3 is 3.06 bits per heavy atom. The first kappa shape index (κ1) is 12.9. The van der Waals surface area contributed by atoms with Gasteiger partial charge in [-0.1, -0.05) is 25.5 Å². The first-order valence-electron chi connectivity index (χ1n) is 6.39. The molecule has 1 nitrogen and oxygen atoms in total. The number of halogens is 1. The molecule has 1 aromatic rings. The van der Waals surface area contributed by atoms with Gasteiger partial charge in [0, 0.05) is 17.8 Å². The quantitative estimate of drug-likeness (QED) is 0.860. The highest BCUT2D eigenvalue weighted by atomic mass is 32.2. The van der Waals surface area contributed by atoms with Crippen molar-refractivity contribution < 1.29 is 4.39 Å². The Morgan fingerprint density at radius 1 is 1.41 bits per heavy atom. The standard InChI is InChI=1S/C14H20FNS/c1-2-17-14-8-4-7-13(14)16-10-11-5-3-6-12(15)9-11/h3,5-6,9,13-14,16H,2,4,7-8,10H2,1H3. The molecule has 1 fully saturated rings. The zero-order valence-electron chi connectivity index (χ0n) is 10.3. The van der Waals surface area contributed by atoms with E-state index in [-0.39, 0.29) is 5.82 Å². The Labute approximate surface area is 107 Å². The molecule has 1 saturated carbocycles. The van der Waals surface area contributed by atoms with Gasteiger partial charge in [0.2, 0.25) is 0 Å². The van der Waals surface area contributed by atoms with Gasteiger partial charge in [0.15, 0.2) is 0 Å². The summed E-state index contributed by atoms with van der Waals surface area (Å²) in [6, 6.07) is 7.47. The number of benzene rings is 1. The van der Waals surface area contributed by atoms with Crippen molar-refractivity contribution in [3.63, 3.8) is 0 Å². The third-order valence-corrected chi connectivity index (χ3v) is 4.62. The first-order valence-corrected chi connectivity index (χ1v) is 7.44. The minimum Gasteiger partial charge on any atom is -0.309 e. The van der Waals surface area contributed by atoms with Crippen LogP contribution in [0.1, 0.15) is 31.7 Å². The van der Waals surface area contributed by atoms with E-state index in [1.165, 1.54) is 31.1 Å². The second-order valence-electron chi connectivity index (χ2n) is 4.54. The maximum absolute atomic E-state index is 13.0. The highest BCUT2D eigenvalue weighted by molar-refractivity contribution is 7.99. The Balaban J connectivity index is 1.85. The predicted molar refractivity (Wildman–Crippen MR) is 72.8 cm³/mol. The molecular weight excluding hydrogens is 233 g/mol. The third-order valence-electron chi connectivity index (χ3n) is 3.29. The Bertz CT molecular complexity index is 356. The highest BCUT2D eigenvalue weighted by Crippen LogP contribution is 2.30. The van der Waals surface area contributed by atoms with Crippen molar-refractivity contribution >= 4 is 11.8 Å². The van der Waals surface area contributed by atoms with Crippen molar-refractivity contribution in [1.29, 1.82) is 0 Å². The largest absolute Gasteiger partial charge is 0.309 e. The average Bonchev–Trinajstić information content (AvgIpc) is 2.75. The summed E-state index contributed by atoms with van der Waals surface area (Å²) in [5.41, 5.74) is 1.04. The zero-order chi connectivity index (χ0) is 12.1. The van der Waals surface area contributed by atoms with Crippen LogP contribution in [0.5, 0.6) is 0 Å². The summed E-state index contributed by atoms with van der Waals surface area (Å²) in [6.07, 6.45) is 3.89. The summed E-state index contributed by atoms with van der Waals surface area (Å²) < 4.78 is 13.0. The Kier molecular flexibility index (Phi) is 4.86. The van der Waals surface area contributed by atoms with E-state index < -0.39 is 0 Å². The van der Waals surface area contributed by atoms with Crippen LogP contribution in [0.2, 0.25) is 0 Å². The number of rotatable bonds is 5. The van der Waals surface area contributed by atoms with Crippen LogP contribution in [0, 0.1) is 5.82 Å². The molecule has 0 spiro atoms. The summed E-state index contributed by atoms with van der Waals surface area (Å²) >= 11 is 2.05. The molecule has 1 aromatic carbocycles. The van der Waals surface area contributed by atoms with Crippen LogP contribution in [0.25, 0.3) is 0 Å². The summed E-state index contributed by atoms with van der Waals surface area (Å²) in [7, 11) is 0. The van der Waals surface area contributed by atoms with Crippen molar-refractivity contribution in [3.8, 4) is 0 Å². The van der Waals surface area contributed by atoms with Crippen molar-refractivity contribution in [2.75, 3.05) is 5.75 Å². The second kappa shape index (κ2) is 6.41. The van der Waals surface area contributed by atoms with E-state index in [0.717, 1.165) is 17.4 Å². The van der Waals surface area contributed by atoms with Crippen molar-refractivity contribution in [2.24, 2.45) is 0 Å². The molecule has 0 aliphatic heterocycles. The molecule has 1 N–H and O–H groups in total. The number of hydrogen-bond acceptors (Lipinski definition) is 2. The lowest BCUT2D eigenvalue weighted by Gasteiger charge is -2.20. The molecule has 0 bridgehead atoms. The minimum absolute atomic E-state index is 0.143. The van der Waals surface area contributed by atoms with Gasteiger partial charge < -0.3 is 5.32 Å². The van der Waals surface area contributed by atoms with E-state index in [1.807, 2.05) is 17.8 Å². The third kappa shape index (κ3) is 3.71. The summed E-state index contributed by atoms with van der Waals surface area (Å²) in [4.78, 5) is 0. The van der Waals surface area contributed by atoms with E-state index in [4.69, 9.17) is 0 Å². The molecule has 2 atom stereocenters. The van der Waals surface area contributed by atoms with E-state index >= 15 is 0 Å². The number of thioether (sulfide) groups is 1. The molecule has 94 valence electrons. The maximum Gasteiger partial charge on any atom is 0.123 e. The van der Waals surface area contributed by atoms with Crippen LogP contribution in [0.4, 0.5) is 4.39 Å². The van der Waals surface area contributed by atoms with Crippen molar-refractivity contribution in [1.82, 2.24) is 5.32 Å². The monoisotopic (exact) mass is 253 g/mol. The van der Waals surface area contributed by atoms with Gasteiger partial charge in [-0.3, -0.25) is 0 Å². The maximum atomic E-state index is 13.0. The molecular formula is C14H20FNS. The van der Waals surface area contributed by atoms with Gasteiger partial charge in [-0.25, -0.2) is 4.39 Å². The molecule has 17 heavy (non-hydrogen) atoms. The SMILES string of the molecule is CCSC1CCCC1NCc1cccc(F)c1. The van der Waals surface area contributed by atoms with E-state index in [0.29, 0.717) is 6.04 Å². The molecule has 0 heterocycles. The van der Waals surface area contributed by atoms with Gasteiger partial charge in [0.25, 0.3) is 0 Å². The fourth-order valence-corrected chi connectivity index (χ4v) is 3.70. The molecule has 2 rings (SSSR count). The average molecular weight is 253 g/mol. The van der Waals surface area contributed by atoms with E-state index in [9.17, 15) is 4.39 Å².